The number of sulfone groups is 1. The summed E-state index contributed by atoms with van der Waals surface area (Å²) in [5, 5.41) is 8.38. The minimum atomic E-state index is -3.28. The number of hydrogen-bond acceptors (Lipinski definition) is 4. The van der Waals surface area contributed by atoms with Gasteiger partial charge in [-0.05, 0) is 37.5 Å². The van der Waals surface area contributed by atoms with Crippen molar-refractivity contribution in [1.29, 1.82) is 5.26 Å². The van der Waals surface area contributed by atoms with E-state index in [9.17, 15) is 8.42 Å². The summed E-state index contributed by atoms with van der Waals surface area (Å²) in [6, 6.07) is 6.88. The molecule has 92 valence electrons. The van der Waals surface area contributed by atoms with Crippen molar-refractivity contribution in [1.82, 2.24) is 0 Å². The first-order chi connectivity index (χ1) is 7.97. The summed E-state index contributed by atoms with van der Waals surface area (Å²) < 4.78 is 24.1. The van der Waals surface area contributed by atoms with E-state index in [1.54, 1.807) is 19.1 Å². The lowest BCUT2D eigenvalue weighted by molar-refractivity contribution is 0.591. The van der Waals surface area contributed by atoms with Crippen molar-refractivity contribution in [2.75, 3.05) is 11.5 Å². The molecule has 1 rings (SSSR count). The molecule has 1 aromatic carbocycles. The third-order valence-corrected chi connectivity index (χ3v) is 4.43. The maximum atomic E-state index is 12.0. The Morgan fingerprint density at radius 3 is 2.71 bits per heavy atom. The molecular weight excluding hydrogens is 236 g/mol. The number of nitrogen functional groups attached to an aromatic ring is 1. The molecule has 0 amide bonds. The predicted molar refractivity (Wildman–Crippen MR) is 67.1 cm³/mol. The van der Waals surface area contributed by atoms with Crippen LogP contribution in [0.25, 0.3) is 0 Å². The summed E-state index contributed by atoms with van der Waals surface area (Å²) >= 11 is 0. The zero-order valence-electron chi connectivity index (χ0n) is 9.81. The van der Waals surface area contributed by atoms with E-state index in [0.717, 1.165) is 0 Å². The Bertz CT molecular complexity index is 530. The molecule has 0 saturated carbocycles. The van der Waals surface area contributed by atoms with Crippen LogP contribution in [0.3, 0.4) is 0 Å². The molecular formula is C12H16N2O2S. The Morgan fingerprint density at radius 1 is 1.35 bits per heavy atom. The monoisotopic (exact) mass is 252 g/mol. The van der Waals surface area contributed by atoms with Crippen LogP contribution in [0, 0.1) is 18.3 Å². The van der Waals surface area contributed by atoms with Crippen molar-refractivity contribution in [2.24, 2.45) is 0 Å². The number of aryl methyl sites for hydroxylation is 1. The number of nitrogens with two attached hydrogens (primary N) is 1. The van der Waals surface area contributed by atoms with E-state index in [4.69, 9.17) is 11.0 Å². The first-order valence-corrected chi connectivity index (χ1v) is 7.08. The van der Waals surface area contributed by atoms with E-state index in [-0.39, 0.29) is 5.75 Å². The van der Waals surface area contributed by atoms with E-state index < -0.39 is 9.84 Å². The molecule has 0 heterocycles. The Kier molecular flexibility index (Phi) is 4.53. The minimum Gasteiger partial charge on any atom is -0.399 e. The summed E-state index contributed by atoms with van der Waals surface area (Å²) in [6.45, 7) is 1.75. The van der Waals surface area contributed by atoms with Crippen LogP contribution in [0.2, 0.25) is 0 Å². The van der Waals surface area contributed by atoms with Crippen molar-refractivity contribution < 1.29 is 8.42 Å². The van der Waals surface area contributed by atoms with E-state index in [1.807, 2.05) is 6.07 Å². The molecule has 0 aliphatic carbocycles. The van der Waals surface area contributed by atoms with Gasteiger partial charge < -0.3 is 5.73 Å². The van der Waals surface area contributed by atoms with Crippen molar-refractivity contribution in [3.63, 3.8) is 0 Å². The van der Waals surface area contributed by atoms with Gasteiger partial charge in [0.2, 0.25) is 0 Å². The first-order valence-electron chi connectivity index (χ1n) is 5.43. The number of hydrogen-bond donors (Lipinski definition) is 1. The lowest BCUT2D eigenvalue weighted by Crippen LogP contribution is -2.09. The van der Waals surface area contributed by atoms with Crippen molar-refractivity contribution >= 4 is 15.5 Å². The summed E-state index contributed by atoms with van der Waals surface area (Å²) in [4.78, 5) is 0.300. The van der Waals surface area contributed by atoms with E-state index >= 15 is 0 Å². The molecule has 0 unspecified atom stereocenters. The highest BCUT2D eigenvalue weighted by molar-refractivity contribution is 7.91. The Hall–Kier alpha value is -1.54. The normalized spacial score (nSPS) is 11.1. The van der Waals surface area contributed by atoms with E-state index in [1.165, 1.54) is 6.07 Å². The van der Waals surface area contributed by atoms with Crippen LogP contribution in [0.5, 0.6) is 0 Å². The van der Waals surface area contributed by atoms with Gasteiger partial charge in [0.05, 0.1) is 16.7 Å². The molecule has 5 heteroatoms. The predicted octanol–water partition coefficient (Wildman–Crippen LogP) is 2.04. The standard InChI is InChI=1S/C12H16N2O2S/c1-10-5-6-11(14)9-12(10)17(15,16)8-4-2-3-7-13/h5-6,9H,2-4,8,14H2,1H3. The fraction of sp³-hybridized carbons (Fsp3) is 0.417. The molecule has 0 aliphatic heterocycles. The fourth-order valence-electron chi connectivity index (χ4n) is 1.56. The molecule has 1 aromatic rings. The SMILES string of the molecule is Cc1ccc(N)cc1S(=O)(=O)CCCCC#N. The van der Waals surface area contributed by atoms with Crippen LogP contribution in [-0.2, 0) is 9.84 Å². The van der Waals surface area contributed by atoms with Gasteiger partial charge in [-0.25, -0.2) is 8.42 Å². The summed E-state index contributed by atoms with van der Waals surface area (Å²) in [5.74, 6) is 0.0684. The summed E-state index contributed by atoms with van der Waals surface area (Å²) in [6.07, 6.45) is 1.51. The molecule has 0 saturated heterocycles. The van der Waals surface area contributed by atoms with Gasteiger partial charge in [0, 0.05) is 12.1 Å². The molecule has 0 atom stereocenters. The van der Waals surface area contributed by atoms with Gasteiger partial charge in [-0.15, -0.1) is 0 Å². The number of anilines is 1. The second-order valence-electron chi connectivity index (χ2n) is 3.96. The number of benzene rings is 1. The number of unbranched alkanes of at least 4 members (excludes halogenated alkanes) is 2. The highest BCUT2D eigenvalue weighted by Gasteiger charge is 2.16. The quantitative estimate of drug-likeness (QED) is 0.642. The van der Waals surface area contributed by atoms with Crippen LogP contribution in [0.15, 0.2) is 23.1 Å². The van der Waals surface area contributed by atoms with Crippen molar-refractivity contribution in [3.05, 3.63) is 23.8 Å². The number of nitriles is 1. The second-order valence-corrected chi connectivity index (χ2v) is 6.04. The van der Waals surface area contributed by atoms with Gasteiger partial charge >= 0.3 is 0 Å². The second kappa shape index (κ2) is 5.69. The van der Waals surface area contributed by atoms with Crippen molar-refractivity contribution in [2.45, 2.75) is 31.1 Å². The van der Waals surface area contributed by atoms with Gasteiger partial charge in [0.25, 0.3) is 0 Å². The van der Waals surface area contributed by atoms with Crippen molar-refractivity contribution in [3.8, 4) is 6.07 Å². The zero-order chi connectivity index (χ0) is 12.9. The first kappa shape index (κ1) is 13.5. The average molecular weight is 252 g/mol. The molecule has 2 N–H and O–H groups in total. The molecule has 17 heavy (non-hydrogen) atoms. The van der Waals surface area contributed by atoms with Crippen LogP contribution in [-0.4, -0.2) is 14.2 Å². The van der Waals surface area contributed by atoms with Crippen LogP contribution >= 0.6 is 0 Å². The zero-order valence-corrected chi connectivity index (χ0v) is 10.6. The lowest BCUT2D eigenvalue weighted by Gasteiger charge is -2.08. The van der Waals surface area contributed by atoms with Gasteiger partial charge in [0.1, 0.15) is 0 Å². The molecule has 0 aliphatic rings. The van der Waals surface area contributed by atoms with Gasteiger partial charge in [-0.2, -0.15) is 5.26 Å². The minimum absolute atomic E-state index is 0.0684. The van der Waals surface area contributed by atoms with Gasteiger partial charge in [-0.1, -0.05) is 6.07 Å². The topological polar surface area (TPSA) is 84.0 Å². The molecule has 0 fully saturated rings. The fourth-order valence-corrected chi connectivity index (χ4v) is 3.24. The third kappa shape index (κ3) is 3.75. The van der Waals surface area contributed by atoms with Crippen LogP contribution in [0.4, 0.5) is 5.69 Å². The highest BCUT2D eigenvalue weighted by atomic mass is 32.2. The number of nitrogens with zero attached hydrogens (tertiary/aromatic N) is 1. The maximum Gasteiger partial charge on any atom is 0.178 e. The number of rotatable bonds is 5. The van der Waals surface area contributed by atoms with Crippen LogP contribution in [0.1, 0.15) is 24.8 Å². The average Bonchev–Trinajstić information content (AvgIpc) is 2.28. The summed E-state index contributed by atoms with van der Waals surface area (Å²) in [5.41, 5.74) is 6.75. The Labute approximate surface area is 102 Å². The highest BCUT2D eigenvalue weighted by Crippen LogP contribution is 2.20. The molecule has 0 aromatic heterocycles. The molecule has 0 bridgehead atoms. The summed E-state index contributed by atoms with van der Waals surface area (Å²) in [7, 11) is -3.28. The maximum absolute atomic E-state index is 12.0. The van der Waals surface area contributed by atoms with E-state index in [2.05, 4.69) is 0 Å². The Morgan fingerprint density at radius 2 is 2.06 bits per heavy atom. The third-order valence-electron chi connectivity index (χ3n) is 2.50. The Balaban J connectivity index is 2.83. The van der Waals surface area contributed by atoms with Gasteiger partial charge in [0.15, 0.2) is 9.84 Å². The van der Waals surface area contributed by atoms with Crippen LogP contribution < -0.4 is 5.73 Å². The molecule has 4 nitrogen and oxygen atoms in total. The van der Waals surface area contributed by atoms with E-state index in [0.29, 0.717) is 35.4 Å². The molecule has 0 radical (unpaired) electrons. The lowest BCUT2D eigenvalue weighted by atomic mass is 10.2. The molecule has 0 spiro atoms. The van der Waals surface area contributed by atoms with Gasteiger partial charge in [-0.3, -0.25) is 0 Å². The largest absolute Gasteiger partial charge is 0.399 e. The smallest absolute Gasteiger partial charge is 0.178 e.